The van der Waals surface area contributed by atoms with Crippen LogP contribution in [0, 0.1) is 0 Å². The third-order valence-electron chi connectivity index (χ3n) is 5.80. The van der Waals surface area contributed by atoms with E-state index in [-0.39, 0.29) is 34.5 Å². The predicted octanol–water partition coefficient (Wildman–Crippen LogP) is 4.53. The monoisotopic (exact) mass is 638 g/mol. The van der Waals surface area contributed by atoms with E-state index in [4.69, 9.17) is 11.5 Å². The molecule has 2 heterocycles. The van der Waals surface area contributed by atoms with Crippen LogP contribution in [0.1, 0.15) is 25.0 Å². The van der Waals surface area contributed by atoms with E-state index in [0.29, 0.717) is 12.1 Å². The zero-order chi connectivity index (χ0) is 31.7. The van der Waals surface area contributed by atoms with Gasteiger partial charge in [-0.05, 0) is 36.4 Å². The zero-order valence-corrected chi connectivity index (χ0v) is 23.5. The lowest BCUT2D eigenvalue weighted by Gasteiger charge is -2.14. The molecule has 0 saturated heterocycles. The first-order valence-electron chi connectivity index (χ1n) is 11.8. The average molecular weight is 639 g/mol. The third kappa shape index (κ3) is 6.87. The predicted molar refractivity (Wildman–Crippen MR) is 141 cm³/mol. The Morgan fingerprint density at radius 1 is 0.643 bits per heavy atom. The van der Waals surface area contributed by atoms with Crippen molar-refractivity contribution < 1.29 is 43.2 Å². The molecule has 0 aliphatic carbocycles. The summed E-state index contributed by atoms with van der Waals surface area (Å²) in [5.74, 6) is -0.407. The normalized spacial score (nSPS) is 12.6. The molecular weight excluding hydrogens is 614 g/mol. The summed E-state index contributed by atoms with van der Waals surface area (Å²) in [4.78, 5) is -0.898. The van der Waals surface area contributed by atoms with Crippen LogP contribution in [0.2, 0.25) is 0 Å². The topological polar surface area (TPSA) is 156 Å². The van der Waals surface area contributed by atoms with Crippen LogP contribution < -0.4 is 11.5 Å². The number of anilines is 2. The minimum Gasteiger partial charge on any atom is -0.384 e. The van der Waals surface area contributed by atoms with E-state index in [1.165, 1.54) is 38.4 Å². The SMILES string of the molecule is CCS(=O)(=O)c1cc(C(F)(F)F)ccc1-n1nccc1N.CCS(=O)(=O)c1cc(C(F)(F)F)ccc1-n1nccc1N. The molecule has 2 aromatic carbocycles. The third-order valence-corrected chi connectivity index (χ3v) is 9.32. The summed E-state index contributed by atoms with van der Waals surface area (Å²) in [6.45, 7) is 2.71. The highest BCUT2D eigenvalue weighted by atomic mass is 32.2. The summed E-state index contributed by atoms with van der Waals surface area (Å²) in [6, 6.07) is 7.74. The number of alkyl halides is 6. The van der Waals surface area contributed by atoms with Crippen LogP contribution in [0.25, 0.3) is 11.4 Å². The van der Waals surface area contributed by atoms with Gasteiger partial charge in [0.05, 0.1) is 56.2 Å². The van der Waals surface area contributed by atoms with Gasteiger partial charge in [-0.2, -0.15) is 36.5 Å². The van der Waals surface area contributed by atoms with Gasteiger partial charge >= 0.3 is 12.4 Å². The molecular formula is C24H24F6N6O4S2. The first-order chi connectivity index (χ1) is 19.3. The van der Waals surface area contributed by atoms with Crippen molar-refractivity contribution >= 4 is 31.3 Å². The van der Waals surface area contributed by atoms with Crippen LogP contribution in [-0.2, 0) is 32.0 Å². The number of nitrogens with two attached hydrogens (primary N) is 2. The Bertz CT molecular complexity index is 1660. The second kappa shape index (κ2) is 11.7. The maximum Gasteiger partial charge on any atom is 0.416 e. The minimum atomic E-state index is -4.63. The molecule has 0 saturated carbocycles. The van der Waals surface area contributed by atoms with Gasteiger partial charge in [-0.1, -0.05) is 13.8 Å². The Morgan fingerprint density at radius 3 is 1.21 bits per heavy atom. The fourth-order valence-corrected chi connectivity index (χ4v) is 5.75. The smallest absolute Gasteiger partial charge is 0.384 e. The number of nitrogen functional groups attached to an aromatic ring is 2. The Hall–Kier alpha value is -4.06. The number of hydrogen-bond acceptors (Lipinski definition) is 8. The molecule has 0 amide bonds. The summed E-state index contributed by atoms with van der Waals surface area (Å²) < 4.78 is 127. The molecule has 228 valence electrons. The number of sulfone groups is 2. The highest BCUT2D eigenvalue weighted by molar-refractivity contribution is 7.91. The average Bonchev–Trinajstić information content (AvgIpc) is 3.54. The lowest BCUT2D eigenvalue weighted by Crippen LogP contribution is -2.14. The molecule has 4 N–H and O–H groups in total. The van der Waals surface area contributed by atoms with Crippen LogP contribution >= 0.6 is 0 Å². The molecule has 0 radical (unpaired) electrons. The Morgan fingerprint density at radius 2 is 0.976 bits per heavy atom. The minimum absolute atomic E-state index is 0.00708. The molecule has 0 spiro atoms. The molecule has 4 rings (SSSR count). The van der Waals surface area contributed by atoms with Gasteiger partial charge in [0.1, 0.15) is 11.6 Å². The van der Waals surface area contributed by atoms with Crippen molar-refractivity contribution in [2.45, 2.75) is 36.0 Å². The first-order valence-corrected chi connectivity index (χ1v) is 15.1. The maximum atomic E-state index is 12.8. The van der Waals surface area contributed by atoms with Gasteiger partial charge in [-0.25, -0.2) is 26.2 Å². The van der Waals surface area contributed by atoms with E-state index in [0.717, 1.165) is 33.6 Å². The second-order valence-electron chi connectivity index (χ2n) is 8.50. The highest BCUT2D eigenvalue weighted by Gasteiger charge is 2.34. The number of aromatic nitrogens is 4. The van der Waals surface area contributed by atoms with E-state index in [1.807, 2.05) is 0 Å². The van der Waals surface area contributed by atoms with Crippen LogP contribution in [0.5, 0.6) is 0 Å². The van der Waals surface area contributed by atoms with Crippen LogP contribution in [0.15, 0.2) is 70.7 Å². The molecule has 0 unspecified atom stereocenters. The maximum absolute atomic E-state index is 12.8. The summed E-state index contributed by atoms with van der Waals surface area (Å²) in [5, 5.41) is 7.66. The van der Waals surface area contributed by atoms with Gasteiger partial charge in [0.2, 0.25) is 0 Å². The standard InChI is InChI=1S/2C12H12F3N3O2S/c2*1-2-21(19,20)10-7-8(12(13,14)15)3-4-9(10)18-11(16)5-6-17-18/h2*3-7H,2,16H2,1H3. The van der Waals surface area contributed by atoms with Crippen molar-refractivity contribution in [3.05, 3.63) is 72.1 Å². The highest BCUT2D eigenvalue weighted by Crippen LogP contribution is 2.35. The van der Waals surface area contributed by atoms with Gasteiger partial charge in [0.25, 0.3) is 0 Å². The number of halogens is 6. The molecule has 0 aliphatic rings. The summed E-state index contributed by atoms with van der Waals surface area (Å²) >= 11 is 0. The first kappa shape index (κ1) is 32.5. The number of hydrogen-bond donors (Lipinski definition) is 2. The fraction of sp³-hybridized carbons (Fsp3) is 0.250. The van der Waals surface area contributed by atoms with Crippen LogP contribution in [-0.4, -0.2) is 47.9 Å². The quantitative estimate of drug-likeness (QED) is 0.292. The molecule has 2 aromatic heterocycles. The van der Waals surface area contributed by atoms with Crippen LogP contribution in [0.3, 0.4) is 0 Å². The van der Waals surface area contributed by atoms with E-state index in [2.05, 4.69) is 10.2 Å². The van der Waals surface area contributed by atoms with E-state index in [1.54, 1.807) is 0 Å². The molecule has 18 heteroatoms. The molecule has 10 nitrogen and oxygen atoms in total. The van der Waals surface area contributed by atoms with E-state index < -0.39 is 52.9 Å². The van der Waals surface area contributed by atoms with Crippen LogP contribution in [0.4, 0.5) is 38.0 Å². The Labute approximate surface area is 236 Å². The lowest BCUT2D eigenvalue weighted by atomic mass is 10.2. The van der Waals surface area contributed by atoms with Crippen molar-refractivity contribution in [2.24, 2.45) is 0 Å². The number of nitrogens with zero attached hydrogens (tertiary/aromatic N) is 4. The van der Waals surface area contributed by atoms with E-state index >= 15 is 0 Å². The number of benzene rings is 2. The largest absolute Gasteiger partial charge is 0.416 e. The Balaban J connectivity index is 0.000000230. The molecule has 0 aliphatic heterocycles. The summed E-state index contributed by atoms with van der Waals surface area (Å²) in [6.07, 6.45) is -6.61. The molecule has 0 bridgehead atoms. The van der Waals surface area contributed by atoms with Gasteiger partial charge < -0.3 is 11.5 Å². The van der Waals surface area contributed by atoms with Crippen molar-refractivity contribution in [3.8, 4) is 11.4 Å². The van der Waals surface area contributed by atoms with Gasteiger partial charge in [-0.15, -0.1) is 0 Å². The van der Waals surface area contributed by atoms with Gasteiger partial charge in [0, 0.05) is 12.1 Å². The van der Waals surface area contributed by atoms with Gasteiger partial charge in [0.15, 0.2) is 19.7 Å². The Kier molecular flexibility index (Phi) is 9.02. The molecule has 0 fully saturated rings. The van der Waals surface area contributed by atoms with Gasteiger partial charge in [-0.3, -0.25) is 0 Å². The summed E-state index contributed by atoms with van der Waals surface area (Å²) in [7, 11) is -7.74. The lowest BCUT2D eigenvalue weighted by molar-refractivity contribution is -0.138. The van der Waals surface area contributed by atoms with Crippen molar-refractivity contribution in [1.82, 2.24) is 19.6 Å². The zero-order valence-electron chi connectivity index (χ0n) is 21.8. The fourth-order valence-electron chi connectivity index (χ4n) is 3.57. The summed E-state index contributed by atoms with van der Waals surface area (Å²) in [5.41, 5.74) is 9.18. The van der Waals surface area contributed by atoms with Crippen molar-refractivity contribution in [3.63, 3.8) is 0 Å². The van der Waals surface area contributed by atoms with E-state index in [9.17, 15) is 43.2 Å². The van der Waals surface area contributed by atoms with Crippen molar-refractivity contribution in [2.75, 3.05) is 23.0 Å². The number of rotatable bonds is 6. The second-order valence-corrected chi connectivity index (χ2v) is 13.0. The molecule has 0 atom stereocenters. The van der Waals surface area contributed by atoms with Crippen molar-refractivity contribution in [1.29, 1.82) is 0 Å². The molecule has 42 heavy (non-hydrogen) atoms. The molecule has 4 aromatic rings.